The molecule has 0 aliphatic heterocycles. The molecule has 5 heteroatoms. The quantitative estimate of drug-likeness (QED) is 0.309. The average molecular weight is 246 g/mol. The van der Waals surface area contributed by atoms with Crippen LogP contribution in [-0.4, -0.2) is 26.0 Å². The summed E-state index contributed by atoms with van der Waals surface area (Å²) in [5.74, 6) is 0.0891. The number of hydroxylamine groups is 1. The molecule has 0 rings (SSSR count). The minimum absolute atomic E-state index is 0.0891. The number of rotatable bonds is 4. The number of nitrogens with one attached hydrogen (secondary N) is 2. The van der Waals surface area contributed by atoms with E-state index in [1.165, 1.54) is 0 Å². The second kappa shape index (κ2) is 4.85. The van der Waals surface area contributed by atoms with Gasteiger partial charge in [-0.25, -0.2) is 0 Å². The first kappa shape index (κ1) is 15.6. The zero-order valence-electron chi connectivity index (χ0n) is 11.6. The molecule has 0 saturated heterocycles. The molecule has 0 heterocycles. The van der Waals surface area contributed by atoms with Crippen molar-refractivity contribution in [2.24, 2.45) is 5.41 Å². The van der Waals surface area contributed by atoms with E-state index in [9.17, 15) is 0 Å². The highest BCUT2D eigenvalue weighted by atomic mass is 28.4. The van der Waals surface area contributed by atoms with Crippen LogP contribution in [0.2, 0.25) is 18.1 Å². The molecule has 0 bridgehead atoms. The molecule has 0 radical (unpaired) electrons. The van der Waals surface area contributed by atoms with E-state index in [-0.39, 0.29) is 10.9 Å². The molecule has 0 saturated carbocycles. The summed E-state index contributed by atoms with van der Waals surface area (Å²) in [5, 5.41) is 16.5. The van der Waals surface area contributed by atoms with Crippen LogP contribution in [-0.2, 0) is 4.43 Å². The Morgan fingerprint density at radius 1 is 1.25 bits per heavy atom. The minimum Gasteiger partial charge on any atom is -0.416 e. The lowest BCUT2D eigenvalue weighted by Gasteiger charge is -2.38. The van der Waals surface area contributed by atoms with Gasteiger partial charge in [0.05, 0.1) is 0 Å². The van der Waals surface area contributed by atoms with Crippen LogP contribution in [0.15, 0.2) is 0 Å². The summed E-state index contributed by atoms with van der Waals surface area (Å²) < 4.78 is 6.03. The summed E-state index contributed by atoms with van der Waals surface area (Å²) in [7, 11) is -1.78. The molecule has 0 unspecified atom stereocenters. The lowest BCUT2D eigenvalue weighted by Crippen LogP contribution is -2.46. The summed E-state index contributed by atoms with van der Waals surface area (Å²) in [6, 6.07) is 0. The Balaban J connectivity index is 4.52. The van der Waals surface area contributed by atoms with Gasteiger partial charge in [-0.3, -0.25) is 16.1 Å². The third kappa shape index (κ3) is 3.88. The van der Waals surface area contributed by atoms with Gasteiger partial charge in [-0.1, -0.05) is 34.6 Å². The van der Waals surface area contributed by atoms with Gasteiger partial charge in [-0.05, 0) is 18.1 Å². The van der Waals surface area contributed by atoms with Crippen molar-refractivity contribution in [1.29, 1.82) is 5.41 Å². The topological polar surface area (TPSA) is 65.3 Å². The first-order valence-electron chi connectivity index (χ1n) is 5.57. The van der Waals surface area contributed by atoms with Gasteiger partial charge in [0.1, 0.15) is 5.84 Å². The molecule has 4 nitrogen and oxygen atoms in total. The third-order valence-electron chi connectivity index (χ3n) is 3.39. The molecular formula is C11H26N2O2Si. The molecule has 0 aromatic carbocycles. The Bertz CT molecular complexity index is 257. The fourth-order valence-corrected chi connectivity index (χ4v) is 1.96. The molecule has 0 fully saturated rings. The predicted molar refractivity (Wildman–Crippen MR) is 69.6 cm³/mol. The van der Waals surface area contributed by atoms with E-state index in [4.69, 9.17) is 15.0 Å². The second-order valence-corrected chi connectivity index (χ2v) is 11.2. The monoisotopic (exact) mass is 246 g/mol. The Labute approximate surface area is 100.0 Å². The maximum Gasteiger partial charge on any atom is 0.192 e. The molecule has 96 valence electrons. The van der Waals surface area contributed by atoms with E-state index in [2.05, 4.69) is 33.9 Å². The minimum atomic E-state index is -1.78. The Morgan fingerprint density at radius 2 is 1.69 bits per heavy atom. The lowest BCUT2D eigenvalue weighted by atomic mass is 9.94. The van der Waals surface area contributed by atoms with E-state index < -0.39 is 13.7 Å². The summed E-state index contributed by atoms with van der Waals surface area (Å²) in [4.78, 5) is 0. The molecule has 0 aliphatic rings. The van der Waals surface area contributed by atoms with Gasteiger partial charge < -0.3 is 4.43 Å². The largest absolute Gasteiger partial charge is 0.416 e. The van der Waals surface area contributed by atoms with Gasteiger partial charge in [0.25, 0.3) is 0 Å². The van der Waals surface area contributed by atoms with Crippen LogP contribution >= 0.6 is 0 Å². The van der Waals surface area contributed by atoms with E-state index in [0.29, 0.717) is 6.61 Å². The molecule has 0 aromatic rings. The van der Waals surface area contributed by atoms with Crippen molar-refractivity contribution in [2.45, 2.75) is 52.8 Å². The Kier molecular flexibility index (Phi) is 4.73. The number of amidine groups is 1. The maximum atomic E-state index is 8.74. The molecule has 0 atom stereocenters. The van der Waals surface area contributed by atoms with Gasteiger partial charge in [0.15, 0.2) is 8.32 Å². The predicted octanol–water partition coefficient (Wildman–Crippen LogP) is 2.99. The van der Waals surface area contributed by atoms with Crippen LogP contribution in [0.5, 0.6) is 0 Å². The summed E-state index contributed by atoms with van der Waals surface area (Å²) in [5.41, 5.74) is 1.42. The van der Waals surface area contributed by atoms with Crippen LogP contribution in [0.25, 0.3) is 0 Å². The van der Waals surface area contributed by atoms with Crippen molar-refractivity contribution in [3.8, 4) is 0 Å². The fraction of sp³-hybridized carbons (Fsp3) is 0.909. The zero-order valence-corrected chi connectivity index (χ0v) is 12.6. The highest BCUT2D eigenvalue weighted by molar-refractivity contribution is 6.74. The average Bonchev–Trinajstić information content (AvgIpc) is 2.12. The van der Waals surface area contributed by atoms with Crippen molar-refractivity contribution in [3.05, 3.63) is 0 Å². The second-order valence-electron chi connectivity index (χ2n) is 6.42. The van der Waals surface area contributed by atoms with E-state index >= 15 is 0 Å². The maximum absolute atomic E-state index is 8.74. The van der Waals surface area contributed by atoms with Gasteiger partial charge >= 0.3 is 0 Å². The standard InChI is InChI=1S/C11H26N2O2Si/c1-10(2,3)16(6,7)15-8-11(4,5)9(12)13-14/h14H,8H2,1-7H3,(H2,12,13). The van der Waals surface area contributed by atoms with E-state index in [1.807, 2.05) is 19.3 Å². The van der Waals surface area contributed by atoms with Gasteiger partial charge in [-0.2, -0.15) is 0 Å². The van der Waals surface area contributed by atoms with Crippen molar-refractivity contribution in [3.63, 3.8) is 0 Å². The van der Waals surface area contributed by atoms with E-state index in [0.717, 1.165) is 0 Å². The van der Waals surface area contributed by atoms with Crippen LogP contribution in [0.4, 0.5) is 0 Å². The Hall–Kier alpha value is -0.393. The third-order valence-corrected chi connectivity index (χ3v) is 7.87. The molecule has 0 amide bonds. The normalized spacial score (nSPS) is 13.8. The number of hydrogen-bond acceptors (Lipinski definition) is 3. The summed E-state index contributed by atoms with van der Waals surface area (Å²) in [6.07, 6.45) is 0. The first-order chi connectivity index (χ1) is 6.94. The van der Waals surface area contributed by atoms with Crippen molar-refractivity contribution in [2.75, 3.05) is 6.61 Å². The van der Waals surface area contributed by atoms with E-state index in [1.54, 1.807) is 0 Å². The Morgan fingerprint density at radius 3 is 2.00 bits per heavy atom. The highest BCUT2D eigenvalue weighted by Gasteiger charge is 2.39. The van der Waals surface area contributed by atoms with Crippen LogP contribution in [0, 0.1) is 10.8 Å². The lowest BCUT2D eigenvalue weighted by molar-refractivity contribution is 0.179. The van der Waals surface area contributed by atoms with Gasteiger partial charge in [-0.15, -0.1) is 0 Å². The fourth-order valence-electron chi connectivity index (χ4n) is 0.801. The number of hydrogen-bond donors (Lipinski definition) is 3. The van der Waals surface area contributed by atoms with Crippen LogP contribution in [0.3, 0.4) is 0 Å². The van der Waals surface area contributed by atoms with Crippen LogP contribution < -0.4 is 5.48 Å². The van der Waals surface area contributed by atoms with Gasteiger partial charge in [0, 0.05) is 12.0 Å². The summed E-state index contributed by atoms with van der Waals surface area (Å²) >= 11 is 0. The van der Waals surface area contributed by atoms with Crippen molar-refractivity contribution in [1.82, 2.24) is 5.48 Å². The molecule has 16 heavy (non-hydrogen) atoms. The molecule has 0 aromatic heterocycles. The molecule has 3 N–H and O–H groups in total. The van der Waals surface area contributed by atoms with Crippen LogP contribution in [0.1, 0.15) is 34.6 Å². The van der Waals surface area contributed by atoms with Gasteiger partial charge in [0.2, 0.25) is 0 Å². The zero-order chi connectivity index (χ0) is 13.2. The van der Waals surface area contributed by atoms with Crippen molar-refractivity contribution >= 4 is 14.2 Å². The summed E-state index contributed by atoms with van der Waals surface area (Å²) in [6.45, 7) is 15.1. The first-order valence-corrected chi connectivity index (χ1v) is 8.48. The van der Waals surface area contributed by atoms with Crippen molar-refractivity contribution < 1.29 is 9.63 Å². The highest BCUT2D eigenvalue weighted by Crippen LogP contribution is 2.37. The molecular weight excluding hydrogens is 220 g/mol. The SMILES string of the molecule is CC(C)(CO[Si](C)(C)C(C)(C)C)C(=N)NO. The molecule has 0 aliphatic carbocycles. The molecule has 0 spiro atoms. The smallest absolute Gasteiger partial charge is 0.192 e.